The van der Waals surface area contributed by atoms with Crippen LogP contribution in [-0.2, 0) is 4.74 Å². The van der Waals surface area contributed by atoms with Crippen molar-refractivity contribution in [2.75, 3.05) is 0 Å². The van der Waals surface area contributed by atoms with E-state index in [-0.39, 0.29) is 12.4 Å². The minimum absolute atomic E-state index is 0.0288. The predicted octanol–water partition coefficient (Wildman–Crippen LogP) is 3.71. The van der Waals surface area contributed by atoms with Gasteiger partial charge >= 0.3 is 0 Å². The van der Waals surface area contributed by atoms with Crippen LogP contribution in [0.4, 0.5) is 0 Å². The summed E-state index contributed by atoms with van der Waals surface area (Å²) in [6, 6.07) is 8.39. The fourth-order valence-corrected chi connectivity index (χ4v) is 1.90. The molecule has 0 N–H and O–H groups in total. The molecule has 3 atom stereocenters. The Hall–Kier alpha value is -1.02. The van der Waals surface area contributed by atoms with Crippen molar-refractivity contribution in [3.8, 4) is 5.75 Å². The molecule has 16 heavy (non-hydrogen) atoms. The predicted molar refractivity (Wildman–Crippen MR) is 64.7 cm³/mol. The van der Waals surface area contributed by atoms with Gasteiger partial charge in [0.25, 0.3) is 0 Å². The summed E-state index contributed by atoms with van der Waals surface area (Å²) in [4.78, 5) is 0. The highest BCUT2D eigenvalue weighted by atomic mass is 16.8. The van der Waals surface area contributed by atoms with Gasteiger partial charge in [-0.1, -0.05) is 32.4 Å². The standard InChI is InChI=1S/C14H20O2/c1-4-5-10(2)12-6-8-13(9-7-12)16-14-11(3)15-14/h6-11,14H,4-5H2,1-3H3. The van der Waals surface area contributed by atoms with Crippen molar-refractivity contribution in [3.05, 3.63) is 29.8 Å². The van der Waals surface area contributed by atoms with Crippen LogP contribution in [0.5, 0.6) is 5.75 Å². The lowest BCUT2D eigenvalue weighted by atomic mass is 9.97. The van der Waals surface area contributed by atoms with Crippen LogP contribution in [-0.4, -0.2) is 12.4 Å². The van der Waals surface area contributed by atoms with E-state index >= 15 is 0 Å². The molecule has 1 heterocycles. The summed E-state index contributed by atoms with van der Waals surface area (Å²) in [6.07, 6.45) is 2.69. The lowest BCUT2D eigenvalue weighted by molar-refractivity contribution is 0.178. The summed E-state index contributed by atoms with van der Waals surface area (Å²) < 4.78 is 10.8. The Morgan fingerprint density at radius 1 is 1.31 bits per heavy atom. The van der Waals surface area contributed by atoms with E-state index in [1.165, 1.54) is 18.4 Å². The Kier molecular flexibility index (Phi) is 3.49. The Labute approximate surface area is 97.6 Å². The number of hydrogen-bond acceptors (Lipinski definition) is 2. The summed E-state index contributed by atoms with van der Waals surface area (Å²) in [6.45, 7) is 6.51. The van der Waals surface area contributed by atoms with Crippen molar-refractivity contribution < 1.29 is 9.47 Å². The molecule has 2 nitrogen and oxygen atoms in total. The number of benzene rings is 1. The highest BCUT2D eigenvalue weighted by Crippen LogP contribution is 2.27. The van der Waals surface area contributed by atoms with Crippen LogP contribution >= 0.6 is 0 Å². The molecule has 1 aromatic carbocycles. The van der Waals surface area contributed by atoms with E-state index in [1.807, 2.05) is 19.1 Å². The fourth-order valence-electron chi connectivity index (χ4n) is 1.90. The van der Waals surface area contributed by atoms with Gasteiger partial charge in [-0.2, -0.15) is 0 Å². The molecule has 3 unspecified atom stereocenters. The summed E-state index contributed by atoms with van der Waals surface area (Å²) >= 11 is 0. The highest BCUT2D eigenvalue weighted by molar-refractivity contribution is 5.29. The normalized spacial score (nSPS) is 25.2. The second kappa shape index (κ2) is 4.88. The number of hydrogen-bond donors (Lipinski definition) is 0. The second-order valence-corrected chi connectivity index (χ2v) is 4.59. The van der Waals surface area contributed by atoms with Crippen molar-refractivity contribution in [2.24, 2.45) is 0 Å². The van der Waals surface area contributed by atoms with E-state index in [0.717, 1.165) is 5.75 Å². The number of ether oxygens (including phenoxy) is 2. The summed E-state index contributed by atoms with van der Waals surface area (Å²) in [5.74, 6) is 1.54. The highest BCUT2D eigenvalue weighted by Gasteiger charge is 2.36. The SMILES string of the molecule is CCCC(C)c1ccc(OC2OC2C)cc1. The molecule has 2 rings (SSSR count). The van der Waals surface area contributed by atoms with E-state index < -0.39 is 0 Å². The third-order valence-electron chi connectivity index (χ3n) is 3.08. The first kappa shape index (κ1) is 11.5. The molecule has 0 saturated carbocycles. The second-order valence-electron chi connectivity index (χ2n) is 4.59. The fraction of sp³-hybridized carbons (Fsp3) is 0.571. The van der Waals surface area contributed by atoms with Crippen LogP contribution in [0.25, 0.3) is 0 Å². The van der Waals surface area contributed by atoms with Crippen LogP contribution in [0.3, 0.4) is 0 Å². The lowest BCUT2D eigenvalue weighted by Crippen LogP contribution is -2.01. The molecule has 0 bridgehead atoms. The minimum atomic E-state index is -0.0288. The van der Waals surface area contributed by atoms with Gasteiger partial charge < -0.3 is 9.47 Å². The molecule has 2 heteroatoms. The minimum Gasteiger partial charge on any atom is -0.462 e. The topological polar surface area (TPSA) is 21.8 Å². The molecule has 0 amide bonds. The smallest absolute Gasteiger partial charge is 0.226 e. The molecule has 88 valence electrons. The maximum absolute atomic E-state index is 5.61. The zero-order valence-electron chi connectivity index (χ0n) is 10.3. The lowest BCUT2D eigenvalue weighted by Gasteiger charge is -2.11. The molecule has 1 saturated heterocycles. The van der Waals surface area contributed by atoms with Gasteiger partial charge in [-0.3, -0.25) is 0 Å². The van der Waals surface area contributed by atoms with Gasteiger partial charge in [0.05, 0.1) is 0 Å². The van der Waals surface area contributed by atoms with Crippen LogP contribution < -0.4 is 4.74 Å². The Morgan fingerprint density at radius 3 is 2.44 bits per heavy atom. The van der Waals surface area contributed by atoms with E-state index in [9.17, 15) is 0 Å². The summed E-state index contributed by atoms with van der Waals surface area (Å²) in [7, 11) is 0. The van der Waals surface area contributed by atoms with E-state index in [4.69, 9.17) is 9.47 Å². The zero-order chi connectivity index (χ0) is 11.5. The molecule has 0 spiro atoms. The van der Waals surface area contributed by atoms with E-state index in [1.54, 1.807) is 0 Å². The Balaban J connectivity index is 1.93. The average Bonchev–Trinajstić information content (AvgIpc) is 2.95. The third kappa shape index (κ3) is 2.76. The number of epoxide rings is 1. The monoisotopic (exact) mass is 220 g/mol. The van der Waals surface area contributed by atoms with E-state index in [0.29, 0.717) is 5.92 Å². The van der Waals surface area contributed by atoms with Crippen molar-refractivity contribution in [2.45, 2.75) is 51.9 Å². The van der Waals surface area contributed by atoms with Gasteiger partial charge in [0.1, 0.15) is 11.9 Å². The van der Waals surface area contributed by atoms with Crippen LogP contribution in [0.1, 0.15) is 45.1 Å². The molecule has 1 aromatic rings. The molecule has 0 radical (unpaired) electrons. The third-order valence-corrected chi connectivity index (χ3v) is 3.08. The van der Waals surface area contributed by atoms with Crippen LogP contribution in [0.2, 0.25) is 0 Å². The molecule has 0 aromatic heterocycles. The summed E-state index contributed by atoms with van der Waals surface area (Å²) in [5, 5.41) is 0. The molecular formula is C14H20O2. The van der Waals surface area contributed by atoms with Crippen molar-refractivity contribution in [3.63, 3.8) is 0 Å². The van der Waals surface area contributed by atoms with Crippen LogP contribution in [0.15, 0.2) is 24.3 Å². The average molecular weight is 220 g/mol. The number of rotatable bonds is 5. The van der Waals surface area contributed by atoms with Gasteiger partial charge in [0.2, 0.25) is 6.29 Å². The van der Waals surface area contributed by atoms with Crippen molar-refractivity contribution >= 4 is 0 Å². The van der Waals surface area contributed by atoms with E-state index in [2.05, 4.69) is 26.0 Å². The maximum atomic E-state index is 5.61. The first-order chi connectivity index (χ1) is 7.70. The van der Waals surface area contributed by atoms with Gasteiger partial charge in [0, 0.05) is 0 Å². The van der Waals surface area contributed by atoms with Crippen molar-refractivity contribution in [1.82, 2.24) is 0 Å². The molecule has 1 aliphatic heterocycles. The van der Waals surface area contributed by atoms with Gasteiger partial charge in [0.15, 0.2) is 0 Å². The van der Waals surface area contributed by atoms with Crippen molar-refractivity contribution in [1.29, 1.82) is 0 Å². The maximum Gasteiger partial charge on any atom is 0.226 e. The van der Waals surface area contributed by atoms with Crippen LogP contribution in [0, 0.1) is 0 Å². The largest absolute Gasteiger partial charge is 0.462 e. The quantitative estimate of drug-likeness (QED) is 0.705. The zero-order valence-corrected chi connectivity index (χ0v) is 10.3. The molecule has 1 fully saturated rings. The summed E-state index contributed by atoms with van der Waals surface area (Å²) in [5.41, 5.74) is 1.39. The molecule has 1 aliphatic rings. The molecule has 0 aliphatic carbocycles. The van der Waals surface area contributed by atoms with Gasteiger partial charge in [-0.25, -0.2) is 0 Å². The first-order valence-corrected chi connectivity index (χ1v) is 6.12. The first-order valence-electron chi connectivity index (χ1n) is 6.12. The van der Waals surface area contributed by atoms with Gasteiger partial charge in [-0.15, -0.1) is 0 Å². The Morgan fingerprint density at radius 2 is 1.94 bits per heavy atom. The molecular weight excluding hydrogens is 200 g/mol. The Bertz CT molecular complexity index is 331. The van der Waals surface area contributed by atoms with Gasteiger partial charge in [-0.05, 0) is 37.0 Å².